The molecule has 1 aromatic carbocycles. The number of hydrogen-bond acceptors (Lipinski definition) is 2. The van der Waals surface area contributed by atoms with Crippen LogP contribution in [0.2, 0.25) is 0 Å². The van der Waals surface area contributed by atoms with Crippen molar-refractivity contribution in [2.24, 2.45) is 0 Å². The van der Waals surface area contributed by atoms with Gasteiger partial charge in [-0.05, 0) is 64.5 Å². The molecule has 0 aliphatic heterocycles. The van der Waals surface area contributed by atoms with Crippen LogP contribution in [0.15, 0.2) is 18.2 Å². The standard InChI is InChI=1S/C21H31N3O/c1-15-16(2)23-19-10-9-17(13-18(15)19)20(25)22-14-21(24(3)4)11-7-5-6-8-12-21/h9-10,13,23H,5-8,11-12,14H2,1-4H3,(H,22,25). The quantitative estimate of drug-likeness (QED) is 0.820. The Morgan fingerprint density at radius 2 is 1.84 bits per heavy atom. The van der Waals surface area contributed by atoms with Crippen molar-refractivity contribution in [3.05, 3.63) is 35.0 Å². The molecular weight excluding hydrogens is 310 g/mol. The molecule has 1 aliphatic carbocycles. The van der Waals surface area contributed by atoms with Gasteiger partial charge >= 0.3 is 0 Å². The molecule has 1 aromatic heterocycles. The van der Waals surface area contributed by atoms with E-state index >= 15 is 0 Å². The zero-order valence-electron chi connectivity index (χ0n) is 16.0. The summed E-state index contributed by atoms with van der Waals surface area (Å²) in [6.45, 7) is 4.90. The summed E-state index contributed by atoms with van der Waals surface area (Å²) < 4.78 is 0. The van der Waals surface area contributed by atoms with Crippen LogP contribution in [-0.2, 0) is 0 Å². The molecule has 1 fully saturated rings. The fraction of sp³-hybridized carbons (Fsp3) is 0.571. The maximum Gasteiger partial charge on any atom is 0.251 e. The highest BCUT2D eigenvalue weighted by Crippen LogP contribution is 2.30. The van der Waals surface area contributed by atoms with Gasteiger partial charge in [0.15, 0.2) is 0 Å². The third kappa shape index (κ3) is 3.59. The van der Waals surface area contributed by atoms with Gasteiger partial charge < -0.3 is 15.2 Å². The minimum atomic E-state index is 0.0330. The number of amides is 1. The van der Waals surface area contributed by atoms with Crippen molar-refractivity contribution in [1.29, 1.82) is 0 Å². The van der Waals surface area contributed by atoms with Crippen molar-refractivity contribution in [3.8, 4) is 0 Å². The van der Waals surface area contributed by atoms with E-state index in [0.717, 1.165) is 41.5 Å². The van der Waals surface area contributed by atoms with Crippen molar-refractivity contribution in [3.63, 3.8) is 0 Å². The van der Waals surface area contributed by atoms with E-state index in [1.807, 2.05) is 18.2 Å². The smallest absolute Gasteiger partial charge is 0.251 e. The maximum atomic E-state index is 12.8. The summed E-state index contributed by atoms with van der Waals surface area (Å²) in [5.41, 5.74) is 4.32. The number of carbonyl (C=O) groups excluding carboxylic acids is 1. The number of aromatic amines is 1. The Morgan fingerprint density at radius 1 is 1.16 bits per heavy atom. The summed E-state index contributed by atoms with van der Waals surface area (Å²) in [7, 11) is 4.30. The zero-order chi connectivity index (χ0) is 18.0. The van der Waals surface area contributed by atoms with Crippen molar-refractivity contribution in [2.75, 3.05) is 20.6 Å². The van der Waals surface area contributed by atoms with Crippen molar-refractivity contribution < 1.29 is 4.79 Å². The topological polar surface area (TPSA) is 48.1 Å². The average molecular weight is 341 g/mol. The fourth-order valence-corrected chi connectivity index (χ4v) is 4.12. The molecule has 0 unspecified atom stereocenters. The third-order valence-electron chi connectivity index (χ3n) is 6.13. The predicted octanol–water partition coefficient (Wildman–Crippen LogP) is 4.17. The lowest BCUT2D eigenvalue weighted by molar-refractivity contribution is 0.0869. The van der Waals surface area contributed by atoms with Crippen LogP contribution in [0.1, 0.15) is 60.1 Å². The molecule has 1 aliphatic rings. The van der Waals surface area contributed by atoms with Gasteiger partial charge in [0.05, 0.1) is 0 Å². The summed E-state index contributed by atoms with van der Waals surface area (Å²) in [5.74, 6) is 0.0330. The monoisotopic (exact) mass is 341 g/mol. The van der Waals surface area contributed by atoms with Crippen LogP contribution >= 0.6 is 0 Å². The Hall–Kier alpha value is -1.81. The van der Waals surface area contributed by atoms with Crippen LogP contribution in [0.4, 0.5) is 0 Å². The number of rotatable bonds is 4. The number of fused-ring (bicyclic) bond motifs is 1. The fourth-order valence-electron chi connectivity index (χ4n) is 4.12. The number of H-pyrrole nitrogens is 1. The van der Waals surface area contributed by atoms with Crippen LogP contribution in [-0.4, -0.2) is 42.0 Å². The number of aryl methyl sites for hydroxylation is 2. The van der Waals surface area contributed by atoms with E-state index in [-0.39, 0.29) is 11.4 Å². The molecule has 1 heterocycles. The second-order valence-electron chi connectivity index (χ2n) is 7.85. The van der Waals surface area contributed by atoms with Gasteiger partial charge in [0.25, 0.3) is 5.91 Å². The van der Waals surface area contributed by atoms with Crippen molar-refractivity contribution >= 4 is 16.8 Å². The molecule has 2 N–H and O–H groups in total. The van der Waals surface area contributed by atoms with Crippen LogP contribution < -0.4 is 5.32 Å². The van der Waals surface area contributed by atoms with E-state index in [2.05, 4.69) is 43.1 Å². The SMILES string of the molecule is Cc1[nH]c2ccc(C(=O)NCC3(N(C)C)CCCCCC3)cc2c1C. The van der Waals surface area contributed by atoms with Gasteiger partial charge in [0.2, 0.25) is 0 Å². The van der Waals surface area contributed by atoms with Crippen molar-refractivity contribution in [1.82, 2.24) is 15.2 Å². The Balaban J connectivity index is 1.76. The number of aromatic nitrogens is 1. The first-order valence-electron chi connectivity index (χ1n) is 9.47. The van der Waals surface area contributed by atoms with Gasteiger partial charge in [-0.15, -0.1) is 0 Å². The van der Waals surface area contributed by atoms with E-state index < -0.39 is 0 Å². The Bertz CT molecular complexity index is 752. The Labute approximate surface area is 151 Å². The van der Waals surface area contributed by atoms with Gasteiger partial charge in [-0.1, -0.05) is 25.7 Å². The van der Waals surface area contributed by atoms with E-state index in [0.29, 0.717) is 0 Å². The minimum Gasteiger partial charge on any atom is -0.358 e. The highest BCUT2D eigenvalue weighted by atomic mass is 16.1. The predicted molar refractivity (Wildman–Crippen MR) is 104 cm³/mol. The van der Waals surface area contributed by atoms with Gasteiger partial charge in [-0.25, -0.2) is 0 Å². The van der Waals surface area contributed by atoms with Crippen LogP contribution in [0.5, 0.6) is 0 Å². The van der Waals surface area contributed by atoms with Crippen molar-refractivity contribution in [2.45, 2.75) is 57.9 Å². The molecular formula is C21H31N3O. The first-order valence-corrected chi connectivity index (χ1v) is 9.47. The normalized spacial score (nSPS) is 17.6. The van der Waals surface area contributed by atoms with Gasteiger partial charge in [0.1, 0.15) is 0 Å². The molecule has 0 radical (unpaired) electrons. The molecule has 1 saturated carbocycles. The minimum absolute atomic E-state index is 0.0330. The number of nitrogens with zero attached hydrogens (tertiary/aromatic N) is 1. The van der Waals surface area contributed by atoms with Crippen LogP contribution in [0.3, 0.4) is 0 Å². The summed E-state index contributed by atoms with van der Waals surface area (Å²) in [4.78, 5) is 18.4. The second-order valence-corrected chi connectivity index (χ2v) is 7.85. The summed E-state index contributed by atoms with van der Waals surface area (Å²) in [6, 6.07) is 5.94. The first-order chi connectivity index (χ1) is 11.9. The largest absolute Gasteiger partial charge is 0.358 e. The maximum absolute atomic E-state index is 12.8. The molecule has 0 spiro atoms. The lowest BCUT2D eigenvalue weighted by atomic mass is 9.88. The van der Waals surface area contributed by atoms with E-state index in [1.165, 1.54) is 31.2 Å². The van der Waals surface area contributed by atoms with E-state index in [1.54, 1.807) is 0 Å². The van der Waals surface area contributed by atoms with E-state index in [9.17, 15) is 4.79 Å². The Morgan fingerprint density at radius 3 is 2.48 bits per heavy atom. The molecule has 0 saturated heterocycles. The van der Waals surface area contributed by atoms with Gasteiger partial charge in [0, 0.05) is 34.2 Å². The molecule has 3 rings (SSSR count). The highest BCUT2D eigenvalue weighted by Gasteiger charge is 2.33. The molecule has 0 atom stereocenters. The lowest BCUT2D eigenvalue weighted by Gasteiger charge is -2.39. The third-order valence-corrected chi connectivity index (χ3v) is 6.13. The van der Waals surface area contributed by atoms with E-state index in [4.69, 9.17) is 0 Å². The van der Waals surface area contributed by atoms with Gasteiger partial charge in [-0.3, -0.25) is 4.79 Å². The number of nitrogens with one attached hydrogen (secondary N) is 2. The highest BCUT2D eigenvalue weighted by molar-refractivity contribution is 5.99. The number of carbonyl (C=O) groups is 1. The molecule has 2 aromatic rings. The molecule has 25 heavy (non-hydrogen) atoms. The molecule has 136 valence electrons. The molecule has 1 amide bonds. The lowest BCUT2D eigenvalue weighted by Crippen LogP contribution is -2.52. The average Bonchev–Trinajstić information content (AvgIpc) is 2.78. The summed E-state index contributed by atoms with van der Waals surface area (Å²) >= 11 is 0. The van der Waals surface area contributed by atoms with Crippen LogP contribution in [0, 0.1) is 13.8 Å². The summed E-state index contributed by atoms with van der Waals surface area (Å²) in [5, 5.41) is 4.36. The first kappa shape index (κ1) is 18.0. The zero-order valence-corrected chi connectivity index (χ0v) is 16.0. The number of benzene rings is 1. The van der Waals surface area contributed by atoms with Crippen LogP contribution in [0.25, 0.3) is 10.9 Å². The Kier molecular flexibility index (Phi) is 5.19. The number of hydrogen-bond donors (Lipinski definition) is 2. The molecule has 4 heteroatoms. The number of likely N-dealkylation sites (N-methyl/N-ethyl adjacent to an activating group) is 1. The molecule has 0 bridgehead atoms. The summed E-state index contributed by atoms with van der Waals surface area (Å²) in [6.07, 6.45) is 7.45. The molecule has 4 nitrogen and oxygen atoms in total. The second kappa shape index (κ2) is 7.20. The van der Waals surface area contributed by atoms with Gasteiger partial charge in [-0.2, -0.15) is 0 Å².